The number of imide groups is 1. The molecule has 0 bridgehead atoms. The van der Waals surface area contributed by atoms with Gasteiger partial charge >= 0.3 is 6.09 Å². The molecule has 2 amide bonds. The highest BCUT2D eigenvalue weighted by Crippen LogP contribution is 2.34. The average Bonchev–Trinajstić information content (AvgIpc) is 2.86. The SMILES string of the molecule is CN1C[C@@H](C2CCN(C(=O)OCC[Si](C)(C)C)C(=O)C2)C[C@H]1CO. The fourth-order valence-corrected chi connectivity index (χ4v) is 4.37. The van der Waals surface area contributed by atoms with E-state index in [0.29, 0.717) is 31.4 Å². The molecule has 2 rings (SSSR count). The monoisotopic (exact) mass is 356 g/mol. The van der Waals surface area contributed by atoms with E-state index in [4.69, 9.17) is 4.74 Å². The molecule has 0 radical (unpaired) electrons. The van der Waals surface area contributed by atoms with Crippen LogP contribution in [0, 0.1) is 11.8 Å². The van der Waals surface area contributed by atoms with Crippen LogP contribution < -0.4 is 0 Å². The summed E-state index contributed by atoms with van der Waals surface area (Å²) in [4.78, 5) is 27.9. The van der Waals surface area contributed by atoms with Gasteiger partial charge in [-0.25, -0.2) is 9.69 Å². The van der Waals surface area contributed by atoms with Crippen molar-refractivity contribution in [1.82, 2.24) is 9.80 Å². The summed E-state index contributed by atoms with van der Waals surface area (Å²) in [6.45, 7) is 8.65. The minimum atomic E-state index is -1.24. The Morgan fingerprint density at radius 3 is 2.58 bits per heavy atom. The van der Waals surface area contributed by atoms with Crippen LogP contribution in [-0.2, 0) is 9.53 Å². The first-order valence-corrected chi connectivity index (χ1v) is 12.7. The molecule has 0 spiro atoms. The van der Waals surface area contributed by atoms with Crippen molar-refractivity contribution in [3.05, 3.63) is 0 Å². The van der Waals surface area contributed by atoms with E-state index in [0.717, 1.165) is 25.4 Å². The van der Waals surface area contributed by atoms with Gasteiger partial charge in [0.15, 0.2) is 0 Å². The second kappa shape index (κ2) is 7.97. The second-order valence-electron chi connectivity index (χ2n) is 8.50. The number of rotatable bonds is 5. The summed E-state index contributed by atoms with van der Waals surface area (Å²) in [5, 5.41) is 9.38. The fraction of sp³-hybridized carbons (Fsp3) is 0.882. The van der Waals surface area contributed by atoms with Crippen LogP contribution >= 0.6 is 0 Å². The first-order chi connectivity index (χ1) is 11.2. The molecule has 138 valence electrons. The number of likely N-dealkylation sites (tertiary alicyclic amines) is 2. The van der Waals surface area contributed by atoms with Crippen molar-refractivity contribution >= 4 is 20.1 Å². The van der Waals surface area contributed by atoms with E-state index < -0.39 is 14.2 Å². The molecule has 2 fully saturated rings. The first kappa shape index (κ1) is 19.4. The zero-order valence-corrected chi connectivity index (χ0v) is 16.5. The van der Waals surface area contributed by atoms with Gasteiger partial charge in [0, 0.05) is 33.6 Å². The number of aliphatic hydroxyl groups is 1. The van der Waals surface area contributed by atoms with Crippen LogP contribution in [0.5, 0.6) is 0 Å². The zero-order chi connectivity index (χ0) is 17.9. The number of carbonyl (C=O) groups is 2. The molecule has 2 aliphatic rings. The summed E-state index contributed by atoms with van der Waals surface area (Å²) in [5.41, 5.74) is 0. The third-order valence-corrected chi connectivity index (χ3v) is 7.06. The van der Waals surface area contributed by atoms with Crippen LogP contribution in [0.3, 0.4) is 0 Å². The summed E-state index contributed by atoms with van der Waals surface area (Å²) >= 11 is 0. The number of carbonyl (C=O) groups excluding carboxylic acids is 2. The molecule has 6 nitrogen and oxygen atoms in total. The molecule has 0 aromatic carbocycles. The van der Waals surface area contributed by atoms with Crippen molar-refractivity contribution < 1.29 is 19.4 Å². The van der Waals surface area contributed by atoms with Crippen LogP contribution in [0.25, 0.3) is 0 Å². The molecular formula is C17H32N2O4Si. The lowest BCUT2D eigenvalue weighted by molar-refractivity contribution is -0.133. The summed E-state index contributed by atoms with van der Waals surface area (Å²) in [5.74, 6) is 0.628. The maximum absolute atomic E-state index is 12.4. The molecule has 24 heavy (non-hydrogen) atoms. The normalized spacial score (nSPS) is 29.1. The molecule has 1 N–H and O–H groups in total. The lowest BCUT2D eigenvalue weighted by atomic mass is 9.82. The van der Waals surface area contributed by atoms with Crippen LogP contribution in [0.1, 0.15) is 19.3 Å². The molecule has 1 unspecified atom stereocenters. The Hall–Kier alpha value is -0.923. The smallest absolute Gasteiger partial charge is 0.416 e. The number of hydrogen-bond donors (Lipinski definition) is 1. The third kappa shape index (κ3) is 5.04. The second-order valence-corrected chi connectivity index (χ2v) is 14.1. The van der Waals surface area contributed by atoms with Crippen molar-refractivity contribution in [1.29, 1.82) is 0 Å². The fourth-order valence-electron chi connectivity index (χ4n) is 3.65. The van der Waals surface area contributed by atoms with Crippen molar-refractivity contribution in [3.63, 3.8) is 0 Å². The van der Waals surface area contributed by atoms with E-state index in [-0.39, 0.29) is 18.6 Å². The van der Waals surface area contributed by atoms with Crippen LogP contribution in [0.15, 0.2) is 0 Å². The molecule has 3 atom stereocenters. The van der Waals surface area contributed by atoms with E-state index in [2.05, 4.69) is 24.5 Å². The van der Waals surface area contributed by atoms with Crippen molar-refractivity contribution in [3.8, 4) is 0 Å². The highest BCUT2D eigenvalue weighted by Gasteiger charge is 2.39. The maximum Gasteiger partial charge on any atom is 0.416 e. The Morgan fingerprint density at radius 2 is 2.04 bits per heavy atom. The van der Waals surface area contributed by atoms with E-state index in [1.807, 2.05) is 7.05 Å². The molecule has 2 aliphatic heterocycles. The molecule has 2 saturated heterocycles. The molecule has 0 saturated carbocycles. The van der Waals surface area contributed by atoms with Gasteiger partial charge in [0.1, 0.15) is 0 Å². The van der Waals surface area contributed by atoms with E-state index in [1.54, 1.807) is 0 Å². The van der Waals surface area contributed by atoms with Crippen molar-refractivity contribution in [2.75, 3.05) is 33.4 Å². The molecule has 7 heteroatoms. The summed E-state index contributed by atoms with van der Waals surface area (Å²) < 4.78 is 5.30. The topological polar surface area (TPSA) is 70.1 Å². The Kier molecular flexibility index (Phi) is 6.44. The van der Waals surface area contributed by atoms with Crippen LogP contribution in [-0.4, -0.2) is 74.4 Å². The minimum absolute atomic E-state index is 0.112. The molecule has 0 aromatic rings. The number of likely N-dealkylation sites (N-methyl/N-ethyl adjacent to an activating group) is 1. The Balaban J connectivity index is 1.80. The van der Waals surface area contributed by atoms with Crippen molar-refractivity contribution in [2.24, 2.45) is 11.8 Å². The minimum Gasteiger partial charge on any atom is -0.449 e. The van der Waals surface area contributed by atoms with Crippen molar-refractivity contribution in [2.45, 2.75) is 51.0 Å². The lowest BCUT2D eigenvalue weighted by Crippen LogP contribution is -2.45. The quantitative estimate of drug-likeness (QED) is 0.763. The summed E-state index contributed by atoms with van der Waals surface area (Å²) in [7, 11) is 0.780. The van der Waals surface area contributed by atoms with E-state index in [1.165, 1.54) is 4.90 Å². The zero-order valence-electron chi connectivity index (χ0n) is 15.5. The molecule has 0 aliphatic carbocycles. The third-order valence-electron chi connectivity index (χ3n) is 5.36. The Morgan fingerprint density at radius 1 is 1.33 bits per heavy atom. The lowest BCUT2D eigenvalue weighted by Gasteiger charge is -2.32. The summed E-state index contributed by atoms with van der Waals surface area (Å²) in [6.07, 6.45) is 1.71. The summed E-state index contributed by atoms with van der Waals surface area (Å²) in [6, 6.07) is 1.12. The highest BCUT2D eigenvalue weighted by molar-refractivity contribution is 6.76. The number of hydrogen-bond acceptors (Lipinski definition) is 5. The van der Waals surface area contributed by atoms with Crippen LogP contribution in [0.2, 0.25) is 25.7 Å². The molecule has 0 aromatic heterocycles. The number of amides is 2. The Bertz CT molecular complexity index is 466. The first-order valence-electron chi connectivity index (χ1n) is 8.99. The van der Waals surface area contributed by atoms with Gasteiger partial charge in [-0.05, 0) is 37.8 Å². The van der Waals surface area contributed by atoms with Crippen LogP contribution in [0.4, 0.5) is 4.79 Å². The van der Waals surface area contributed by atoms with Gasteiger partial charge < -0.3 is 14.7 Å². The Labute approximate surface area is 146 Å². The highest BCUT2D eigenvalue weighted by atomic mass is 28.3. The molecule has 2 heterocycles. The van der Waals surface area contributed by atoms with E-state index >= 15 is 0 Å². The number of nitrogens with zero attached hydrogens (tertiary/aromatic N) is 2. The number of aliphatic hydroxyl groups excluding tert-OH is 1. The largest absolute Gasteiger partial charge is 0.449 e. The maximum atomic E-state index is 12.4. The van der Waals surface area contributed by atoms with Gasteiger partial charge in [-0.3, -0.25) is 4.79 Å². The molecular weight excluding hydrogens is 324 g/mol. The van der Waals surface area contributed by atoms with Gasteiger partial charge in [-0.15, -0.1) is 0 Å². The van der Waals surface area contributed by atoms with Gasteiger partial charge in [-0.1, -0.05) is 19.6 Å². The van der Waals surface area contributed by atoms with Gasteiger partial charge in [-0.2, -0.15) is 0 Å². The standard InChI is InChI=1S/C17H32N2O4Si/c1-18-11-14(9-15(18)12-20)13-5-6-19(16(21)10-13)17(22)23-7-8-24(2,3)4/h13-15,20H,5-12H2,1-4H3/t13?,14-,15-/m0/s1. The number of ether oxygens (including phenoxy) is 1. The predicted octanol–water partition coefficient (Wildman–Crippen LogP) is 2.01. The van der Waals surface area contributed by atoms with Gasteiger partial charge in [0.2, 0.25) is 5.91 Å². The van der Waals surface area contributed by atoms with E-state index in [9.17, 15) is 14.7 Å². The predicted molar refractivity (Wildman–Crippen MR) is 95.5 cm³/mol. The van der Waals surface area contributed by atoms with Gasteiger partial charge in [0.05, 0.1) is 13.2 Å². The average molecular weight is 357 g/mol. The number of piperidine rings is 1. The van der Waals surface area contributed by atoms with Gasteiger partial charge in [0.25, 0.3) is 0 Å².